The number of methoxy groups -OCH3 is 1. The number of hydrogen-bond donors (Lipinski definition) is 0. The van der Waals surface area contributed by atoms with E-state index in [1.807, 2.05) is 30.3 Å². The number of ether oxygens (including phenoxy) is 2. The molecule has 0 bridgehead atoms. The highest BCUT2D eigenvalue weighted by Gasteiger charge is 2.30. The Morgan fingerprint density at radius 3 is 2.65 bits per heavy atom. The van der Waals surface area contributed by atoms with Gasteiger partial charge in [-0.05, 0) is 18.4 Å². The first-order valence-corrected chi connectivity index (χ1v) is 7.65. The van der Waals surface area contributed by atoms with Crippen LogP contribution in [-0.4, -0.2) is 42.9 Å². The first-order chi connectivity index (χ1) is 11.1. The Morgan fingerprint density at radius 2 is 1.96 bits per heavy atom. The van der Waals surface area contributed by atoms with Crippen LogP contribution in [0.1, 0.15) is 24.8 Å². The number of amides is 1. The molecular formula is C17H21NO5. The lowest BCUT2D eigenvalue weighted by atomic mass is 9.92. The van der Waals surface area contributed by atoms with Crippen molar-refractivity contribution in [2.45, 2.75) is 25.9 Å². The first-order valence-electron chi connectivity index (χ1n) is 7.65. The molecule has 0 radical (unpaired) electrons. The first kappa shape index (κ1) is 17.0. The van der Waals surface area contributed by atoms with Crippen LogP contribution in [0.2, 0.25) is 0 Å². The molecule has 1 aromatic carbocycles. The van der Waals surface area contributed by atoms with E-state index in [2.05, 4.69) is 4.74 Å². The molecule has 6 nitrogen and oxygen atoms in total. The van der Waals surface area contributed by atoms with Gasteiger partial charge in [0.1, 0.15) is 18.8 Å². The van der Waals surface area contributed by atoms with Crippen LogP contribution in [0.4, 0.5) is 4.79 Å². The van der Waals surface area contributed by atoms with Crippen LogP contribution in [0.3, 0.4) is 0 Å². The maximum Gasteiger partial charge on any atom is 0.410 e. The molecule has 2 rings (SSSR count). The van der Waals surface area contributed by atoms with Gasteiger partial charge in [0.05, 0.1) is 7.11 Å². The number of ketones is 1. The van der Waals surface area contributed by atoms with E-state index in [-0.39, 0.29) is 24.7 Å². The smallest absolute Gasteiger partial charge is 0.410 e. The van der Waals surface area contributed by atoms with Crippen molar-refractivity contribution in [2.24, 2.45) is 5.92 Å². The van der Waals surface area contributed by atoms with Crippen LogP contribution in [0.15, 0.2) is 30.3 Å². The van der Waals surface area contributed by atoms with Crippen molar-refractivity contribution in [1.29, 1.82) is 0 Å². The molecule has 6 heteroatoms. The minimum atomic E-state index is -0.543. The van der Waals surface area contributed by atoms with Crippen molar-refractivity contribution in [2.75, 3.05) is 20.2 Å². The molecule has 1 amide bonds. The summed E-state index contributed by atoms with van der Waals surface area (Å²) in [5, 5.41) is 0. The Balaban J connectivity index is 1.84. The molecule has 1 heterocycles. The third-order valence-electron chi connectivity index (χ3n) is 3.89. The van der Waals surface area contributed by atoms with Crippen LogP contribution >= 0.6 is 0 Å². The highest BCUT2D eigenvalue weighted by atomic mass is 16.6. The van der Waals surface area contributed by atoms with Crippen LogP contribution in [0, 0.1) is 5.92 Å². The molecule has 1 saturated heterocycles. The van der Waals surface area contributed by atoms with Gasteiger partial charge >= 0.3 is 12.1 Å². The molecule has 1 aromatic rings. The summed E-state index contributed by atoms with van der Waals surface area (Å²) in [6.45, 7) is 1.07. The summed E-state index contributed by atoms with van der Waals surface area (Å²) < 4.78 is 9.79. The second kappa shape index (κ2) is 8.31. The SMILES string of the molecule is COC(=O)CC(=O)[C@@H]1CCCN(C(=O)OCc2ccccc2)C1. The topological polar surface area (TPSA) is 72.9 Å². The number of piperidine rings is 1. The number of carbonyl (C=O) groups is 3. The summed E-state index contributed by atoms with van der Waals surface area (Å²) in [6.07, 6.45) is 0.731. The van der Waals surface area contributed by atoms with Gasteiger partial charge < -0.3 is 14.4 Å². The second-order valence-corrected chi connectivity index (χ2v) is 5.54. The summed E-state index contributed by atoms with van der Waals surface area (Å²) in [5.74, 6) is -1.05. The average Bonchev–Trinajstić information content (AvgIpc) is 2.60. The number of Topliss-reactive ketones (excluding diaryl/α,β-unsaturated/α-hetero) is 1. The number of carbonyl (C=O) groups excluding carboxylic acids is 3. The predicted octanol–water partition coefficient (Wildman–Crippen LogP) is 2.17. The minimum absolute atomic E-state index is 0.183. The molecule has 0 aromatic heterocycles. The summed E-state index contributed by atoms with van der Waals surface area (Å²) in [5.41, 5.74) is 0.913. The van der Waals surface area contributed by atoms with Crippen LogP contribution in [-0.2, 0) is 25.7 Å². The van der Waals surface area contributed by atoms with Crippen molar-refractivity contribution < 1.29 is 23.9 Å². The molecule has 0 unspecified atom stereocenters. The molecule has 124 valence electrons. The molecule has 0 aliphatic carbocycles. The van der Waals surface area contributed by atoms with E-state index in [1.54, 1.807) is 0 Å². The Morgan fingerprint density at radius 1 is 1.22 bits per heavy atom. The molecule has 1 atom stereocenters. The van der Waals surface area contributed by atoms with E-state index in [1.165, 1.54) is 12.0 Å². The van der Waals surface area contributed by atoms with Gasteiger partial charge in [-0.25, -0.2) is 4.79 Å². The second-order valence-electron chi connectivity index (χ2n) is 5.54. The Bertz CT molecular complexity index is 557. The standard InChI is InChI=1S/C17H21NO5/c1-22-16(20)10-15(19)14-8-5-9-18(11-14)17(21)23-12-13-6-3-2-4-7-13/h2-4,6-7,14H,5,8-12H2,1H3/t14-/m1/s1. The molecule has 1 aliphatic heterocycles. The zero-order valence-corrected chi connectivity index (χ0v) is 13.2. The number of likely N-dealkylation sites (tertiary alicyclic amines) is 1. The molecule has 1 fully saturated rings. The molecule has 0 saturated carbocycles. The van der Waals surface area contributed by atoms with Gasteiger partial charge in [-0.15, -0.1) is 0 Å². The van der Waals surface area contributed by atoms with Crippen molar-refractivity contribution in [3.8, 4) is 0 Å². The number of rotatable bonds is 5. The van der Waals surface area contributed by atoms with Crippen LogP contribution in [0.25, 0.3) is 0 Å². The maximum atomic E-state index is 12.1. The van der Waals surface area contributed by atoms with Crippen LogP contribution in [0.5, 0.6) is 0 Å². The fourth-order valence-electron chi connectivity index (χ4n) is 2.58. The van der Waals surface area contributed by atoms with E-state index in [0.29, 0.717) is 19.5 Å². The quantitative estimate of drug-likeness (QED) is 0.614. The predicted molar refractivity (Wildman–Crippen MR) is 82.6 cm³/mol. The van der Waals surface area contributed by atoms with E-state index in [0.717, 1.165) is 12.0 Å². The largest absolute Gasteiger partial charge is 0.469 e. The number of nitrogens with zero attached hydrogens (tertiary/aromatic N) is 1. The Kier molecular flexibility index (Phi) is 6.14. The molecule has 23 heavy (non-hydrogen) atoms. The Labute approximate surface area is 135 Å². The van der Waals surface area contributed by atoms with E-state index >= 15 is 0 Å². The zero-order valence-electron chi connectivity index (χ0n) is 13.2. The van der Waals surface area contributed by atoms with Crippen LogP contribution < -0.4 is 0 Å². The van der Waals surface area contributed by atoms with Crippen molar-refractivity contribution in [1.82, 2.24) is 4.90 Å². The van der Waals surface area contributed by atoms with Gasteiger partial charge in [-0.3, -0.25) is 9.59 Å². The molecule has 1 aliphatic rings. The molecular weight excluding hydrogens is 298 g/mol. The van der Waals surface area contributed by atoms with Gasteiger partial charge in [-0.2, -0.15) is 0 Å². The average molecular weight is 319 g/mol. The lowest BCUT2D eigenvalue weighted by molar-refractivity contribution is -0.144. The van der Waals surface area contributed by atoms with Gasteiger partial charge in [0.15, 0.2) is 0 Å². The summed E-state index contributed by atoms with van der Waals surface area (Å²) in [4.78, 5) is 36.9. The minimum Gasteiger partial charge on any atom is -0.469 e. The van der Waals surface area contributed by atoms with E-state index < -0.39 is 12.1 Å². The lowest BCUT2D eigenvalue weighted by Crippen LogP contribution is -2.42. The molecule has 0 spiro atoms. The summed E-state index contributed by atoms with van der Waals surface area (Å²) >= 11 is 0. The third kappa shape index (κ3) is 5.09. The van der Waals surface area contributed by atoms with E-state index in [9.17, 15) is 14.4 Å². The summed E-state index contributed by atoms with van der Waals surface area (Å²) in [7, 11) is 1.25. The number of esters is 1. The number of benzene rings is 1. The highest BCUT2D eigenvalue weighted by Crippen LogP contribution is 2.20. The van der Waals surface area contributed by atoms with Gasteiger partial charge in [0.2, 0.25) is 0 Å². The zero-order chi connectivity index (χ0) is 16.7. The highest BCUT2D eigenvalue weighted by molar-refractivity contribution is 5.97. The van der Waals surface area contributed by atoms with Gasteiger partial charge in [0.25, 0.3) is 0 Å². The fraction of sp³-hybridized carbons (Fsp3) is 0.471. The van der Waals surface area contributed by atoms with E-state index in [4.69, 9.17) is 4.74 Å². The fourth-order valence-corrected chi connectivity index (χ4v) is 2.58. The molecule has 0 N–H and O–H groups in total. The maximum absolute atomic E-state index is 12.1. The van der Waals surface area contributed by atoms with Crippen molar-refractivity contribution >= 4 is 17.8 Å². The lowest BCUT2D eigenvalue weighted by Gasteiger charge is -2.31. The van der Waals surface area contributed by atoms with Gasteiger partial charge in [-0.1, -0.05) is 30.3 Å². The third-order valence-corrected chi connectivity index (χ3v) is 3.89. The van der Waals surface area contributed by atoms with Gasteiger partial charge in [0, 0.05) is 19.0 Å². The van der Waals surface area contributed by atoms with Crippen molar-refractivity contribution in [3.63, 3.8) is 0 Å². The normalized spacial score (nSPS) is 17.4. The Hall–Kier alpha value is -2.37. The van der Waals surface area contributed by atoms with Crippen molar-refractivity contribution in [3.05, 3.63) is 35.9 Å². The number of hydrogen-bond acceptors (Lipinski definition) is 5. The summed E-state index contributed by atoms with van der Waals surface area (Å²) in [6, 6.07) is 9.42. The monoisotopic (exact) mass is 319 g/mol.